The minimum Gasteiger partial charge on any atom is -0.477 e. The number of carbonyl (C=O) groups excluding carboxylic acids is 2. The SMILES string of the molecule is Cc1nnc(SCC2=C(C(=O)O)N3C(=O)C(NC(=S)Cc4nnc(CNC(=O)OC(C)(C)C)s4)[C@H]3SC2)s1. The molecular formula is C21H25N7O5S5. The zero-order chi connectivity index (χ0) is 27.6. The van der Waals surface area contributed by atoms with E-state index in [1.165, 1.54) is 51.1 Å². The summed E-state index contributed by atoms with van der Waals surface area (Å²) in [6.07, 6.45) is -0.276. The Morgan fingerprint density at radius 3 is 2.61 bits per heavy atom. The molecule has 3 N–H and O–H groups in total. The van der Waals surface area contributed by atoms with Crippen LogP contribution in [0.2, 0.25) is 0 Å². The predicted octanol–water partition coefficient (Wildman–Crippen LogP) is 2.60. The third-order valence-electron chi connectivity index (χ3n) is 5.05. The Labute approximate surface area is 240 Å². The second kappa shape index (κ2) is 11.8. The number of nitrogens with one attached hydrogen (secondary N) is 2. The number of carbonyl (C=O) groups is 3. The Morgan fingerprint density at radius 2 is 1.95 bits per heavy atom. The molecule has 204 valence electrons. The number of hydrogen-bond acceptors (Lipinski definition) is 13. The van der Waals surface area contributed by atoms with Crippen LogP contribution in [0.5, 0.6) is 0 Å². The molecule has 2 aromatic rings. The molecule has 17 heteroatoms. The molecule has 0 saturated carbocycles. The third-order valence-corrected chi connectivity index (χ3v) is 9.63. The predicted molar refractivity (Wildman–Crippen MR) is 149 cm³/mol. The highest BCUT2D eigenvalue weighted by molar-refractivity contribution is 8.01. The van der Waals surface area contributed by atoms with E-state index in [-0.39, 0.29) is 29.9 Å². The lowest BCUT2D eigenvalue weighted by Crippen LogP contribution is -2.70. The highest BCUT2D eigenvalue weighted by Gasteiger charge is 2.53. The molecule has 38 heavy (non-hydrogen) atoms. The van der Waals surface area contributed by atoms with Crippen LogP contribution in [0.15, 0.2) is 15.6 Å². The maximum absolute atomic E-state index is 13.0. The monoisotopic (exact) mass is 615 g/mol. The molecule has 2 amide bonds. The summed E-state index contributed by atoms with van der Waals surface area (Å²) >= 11 is 11.1. The lowest BCUT2D eigenvalue weighted by molar-refractivity contribution is -0.148. The first-order chi connectivity index (χ1) is 17.9. The Bertz CT molecular complexity index is 1290. The van der Waals surface area contributed by atoms with Crippen molar-refractivity contribution in [2.75, 3.05) is 11.5 Å². The first-order valence-electron chi connectivity index (χ1n) is 11.3. The molecule has 0 aromatic carbocycles. The van der Waals surface area contributed by atoms with E-state index < -0.39 is 23.7 Å². The summed E-state index contributed by atoms with van der Waals surface area (Å²) < 4.78 is 5.96. The van der Waals surface area contributed by atoms with Gasteiger partial charge in [-0.25, -0.2) is 9.59 Å². The van der Waals surface area contributed by atoms with Crippen molar-refractivity contribution in [2.24, 2.45) is 0 Å². The van der Waals surface area contributed by atoms with E-state index in [0.717, 1.165) is 9.35 Å². The summed E-state index contributed by atoms with van der Waals surface area (Å²) in [7, 11) is 0. The van der Waals surface area contributed by atoms with Gasteiger partial charge >= 0.3 is 12.1 Å². The average Bonchev–Trinajstić information content (AvgIpc) is 3.46. The molecular weight excluding hydrogens is 591 g/mol. The number of ether oxygens (including phenoxy) is 1. The molecule has 2 aliphatic rings. The highest BCUT2D eigenvalue weighted by atomic mass is 32.2. The molecule has 2 aliphatic heterocycles. The molecule has 1 unspecified atom stereocenters. The zero-order valence-corrected chi connectivity index (χ0v) is 24.9. The van der Waals surface area contributed by atoms with Crippen LogP contribution in [0.4, 0.5) is 4.79 Å². The number of nitrogens with zero attached hydrogens (tertiary/aromatic N) is 5. The van der Waals surface area contributed by atoms with Gasteiger partial charge in [-0.15, -0.1) is 32.2 Å². The van der Waals surface area contributed by atoms with Crippen molar-refractivity contribution in [3.63, 3.8) is 0 Å². The smallest absolute Gasteiger partial charge is 0.408 e. The number of carboxylic acids is 1. The van der Waals surface area contributed by atoms with Crippen LogP contribution in [0.25, 0.3) is 0 Å². The van der Waals surface area contributed by atoms with Crippen LogP contribution in [0.1, 0.15) is 35.8 Å². The molecule has 4 rings (SSSR count). The van der Waals surface area contributed by atoms with Crippen LogP contribution >= 0.6 is 58.4 Å². The van der Waals surface area contributed by atoms with Gasteiger partial charge in [0.05, 0.1) is 18.0 Å². The number of thiocarbonyl (C=S) groups is 1. The number of hydrogen-bond donors (Lipinski definition) is 3. The van der Waals surface area contributed by atoms with Crippen molar-refractivity contribution in [2.45, 2.75) is 62.0 Å². The fraction of sp³-hybridized carbons (Fsp3) is 0.524. The molecule has 1 fully saturated rings. The number of amides is 2. The van der Waals surface area contributed by atoms with Gasteiger partial charge in [-0.2, -0.15) is 0 Å². The Hall–Kier alpha value is -2.34. The molecule has 0 spiro atoms. The molecule has 1 saturated heterocycles. The first-order valence-corrected chi connectivity index (χ1v) is 15.4. The normalized spacial score (nSPS) is 19.1. The van der Waals surface area contributed by atoms with Gasteiger partial charge in [-0.05, 0) is 33.3 Å². The summed E-state index contributed by atoms with van der Waals surface area (Å²) in [5.41, 5.74) is 0.106. The van der Waals surface area contributed by atoms with Crippen molar-refractivity contribution in [1.82, 2.24) is 35.9 Å². The number of alkyl carbamates (subject to hydrolysis) is 1. The van der Waals surface area contributed by atoms with Crippen LogP contribution in [0, 0.1) is 6.92 Å². The van der Waals surface area contributed by atoms with Gasteiger partial charge < -0.3 is 20.5 Å². The number of fused-ring (bicyclic) bond motifs is 1. The summed E-state index contributed by atoms with van der Waals surface area (Å²) in [4.78, 5) is 38.6. The second-order valence-electron chi connectivity index (χ2n) is 9.21. The van der Waals surface area contributed by atoms with Gasteiger partial charge in [0.2, 0.25) is 0 Å². The Morgan fingerprint density at radius 1 is 1.21 bits per heavy atom. The Balaban J connectivity index is 1.31. The minimum atomic E-state index is -1.13. The summed E-state index contributed by atoms with van der Waals surface area (Å²) in [6.45, 7) is 7.36. The van der Waals surface area contributed by atoms with Gasteiger partial charge in [-0.3, -0.25) is 9.69 Å². The summed E-state index contributed by atoms with van der Waals surface area (Å²) in [5.74, 6) is -0.569. The van der Waals surface area contributed by atoms with E-state index in [9.17, 15) is 19.5 Å². The Kier molecular flexibility index (Phi) is 8.91. The van der Waals surface area contributed by atoms with Crippen molar-refractivity contribution in [1.29, 1.82) is 0 Å². The van der Waals surface area contributed by atoms with Crippen molar-refractivity contribution < 1.29 is 24.2 Å². The van der Waals surface area contributed by atoms with Crippen molar-refractivity contribution in [3.8, 4) is 0 Å². The minimum absolute atomic E-state index is 0.0303. The van der Waals surface area contributed by atoms with Crippen LogP contribution in [-0.2, 0) is 27.3 Å². The average molecular weight is 616 g/mol. The maximum Gasteiger partial charge on any atom is 0.408 e. The van der Waals surface area contributed by atoms with Gasteiger partial charge in [-0.1, -0.05) is 46.7 Å². The standard InChI is InChI=1S/C21H25N7O5S5/c1-9-24-27-20(37-9)36-8-10-7-35-17-14(16(29)28(17)15(10)18(30)31)23-11(34)5-12-25-26-13(38-12)6-22-19(32)33-21(2,3)4/h14,17H,5-8H2,1-4H3,(H,22,32)(H,23,34)(H,30,31)/t14?,17-/m1/s1. The fourth-order valence-corrected chi connectivity index (χ4v) is 7.99. The third kappa shape index (κ3) is 6.99. The van der Waals surface area contributed by atoms with Crippen LogP contribution < -0.4 is 10.6 Å². The van der Waals surface area contributed by atoms with E-state index in [2.05, 4.69) is 31.0 Å². The van der Waals surface area contributed by atoms with Crippen LogP contribution in [-0.4, -0.2) is 81.9 Å². The number of thioether (sulfide) groups is 2. The zero-order valence-electron chi connectivity index (χ0n) is 20.8. The molecule has 2 atom stereocenters. The second-order valence-corrected chi connectivity index (χ2v) is 14.4. The van der Waals surface area contributed by atoms with E-state index in [1.807, 2.05) is 6.92 Å². The molecule has 0 radical (unpaired) electrons. The van der Waals surface area contributed by atoms with Gasteiger partial charge in [0.25, 0.3) is 5.91 Å². The number of rotatable bonds is 9. The largest absolute Gasteiger partial charge is 0.477 e. The van der Waals surface area contributed by atoms with E-state index in [0.29, 0.717) is 32.1 Å². The molecule has 4 heterocycles. The summed E-state index contributed by atoms with van der Waals surface area (Å²) in [6, 6.07) is -0.622. The quantitative estimate of drug-likeness (QED) is 0.215. The van der Waals surface area contributed by atoms with Crippen molar-refractivity contribution in [3.05, 3.63) is 26.3 Å². The number of carboxylic acid groups (broad SMARTS) is 1. The highest BCUT2D eigenvalue weighted by Crippen LogP contribution is 2.41. The molecule has 0 aliphatic carbocycles. The van der Waals surface area contributed by atoms with Gasteiger partial charge in [0.1, 0.15) is 37.7 Å². The fourth-order valence-electron chi connectivity index (χ4n) is 3.53. The van der Waals surface area contributed by atoms with E-state index in [4.69, 9.17) is 17.0 Å². The van der Waals surface area contributed by atoms with Crippen LogP contribution in [0.3, 0.4) is 0 Å². The van der Waals surface area contributed by atoms with Gasteiger partial charge in [0.15, 0.2) is 4.34 Å². The number of aliphatic carboxylic acids is 1. The van der Waals surface area contributed by atoms with E-state index >= 15 is 0 Å². The number of β-lactam (4-membered cyclic amide) rings is 1. The first kappa shape index (κ1) is 28.7. The van der Waals surface area contributed by atoms with E-state index in [1.54, 1.807) is 20.8 Å². The number of aromatic nitrogens is 4. The topological polar surface area (TPSA) is 160 Å². The molecule has 12 nitrogen and oxygen atoms in total. The van der Waals surface area contributed by atoms with Crippen molar-refractivity contribution >= 4 is 81.4 Å². The maximum atomic E-state index is 13.0. The number of aryl methyl sites for hydroxylation is 1. The lowest BCUT2D eigenvalue weighted by Gasteiger charge is -2.49. The van der Waals surface area contributed by atoms with Gasteiger partial charge in [0, 0.05) is 11.5 Å². The summed E-state index contributed by atoms with van der Waals surface area (Å²) in [5, 5.41) is 33.4. The molecule has 2 aromatic heterocycles. The lowest BCUT2D eigenvalue weighted by atomic mass is 10.0. The molecule has 0 bridgehead atoms.